The van der Waals surface area contributed by atoms with E-state index in [1.807, 2.05) is 20.0 Å². The molecule has 1 N–H and O–H groups in total. The Bertz CT molecular complexity index is 598. The molecule has 1 aromatic heterocycles. The van der Waals surface area contributed by atoms with Gasteiger partial charge in [0.2, 0.25) is 0 Å². The highest BCUT2D eigenvalue weighted by atomic mass is 79.9. The van der Waals surface area contributed by atoms with Gasteiger partial charge in [-0.3, -0.25) is 4.98 Å². The summed E-state index contributed by atoms with van der Waals surface area (Å²) in [4.78, 5) is 6.98. The first-order valence-electron chi connectivity index (χ1n) is 7.24. The van der Waals surface area contributed by atoms with Gasteiger partial charge in [0.25, 0.3) is 0 Å². The van der Waals surface area contributed by atoms with E-state index < -0.39 is 0 Å². The average molecular weight is 348 g/mol. The summed E-state index contributed by atoms with van der Waals surface area (Å²) in [6, 6.07) is 12.6. The van der Waals surface area contributed by atoms with Gasteiger partial charge in [-0.1, -0.05) is 28.1 Å². The Morgan fingerprint density at radius 2 is 2.05 bits per heavy atom. The minimum absolute atomic E-state index is 0.825. The lowest BCUT2D eigenvalue weighted by Gasteiger charge is -2.26. The molecule has 3 nitrogen and oxygen atoms in total. The Labute approximate surface area is 135 Å². The van der Waals surface area contributed by atoms with Gasteiger partial charge in [0.15, 0.2) is 0 Å². The van der Waals surface area contributed by atoms with Crippen molar-refractivity contribution in [2.24, 2.45) is 0 Å². The van der Waals surface area contributed by atoms with E-state index in [4.69, 9.17) is 0 Å². The van der Waals surface area contributed by atoms with E-state index in [1.54, 1.807) is 0 Å². The molecule has 0 radical (unpaired) electrons. The summed E-state index contributed by atoms with van der Waals surface area (Å²) in [6.07, 6.45) is 0. The third-order valence-electron chi connectivity index (χ3n) is 3.44. The van der Waals surface area contributed by atoms with Crippen molar-refractivity contribution in [3.05, 3.63) is 57.8 Å². The van der Waals surface area contributed by atoms with E-state index in [0.717, 1.165) is 35.5 Å². The fourth-order valence-corrected chi connectivity index (χ4v) is 2.77. The van der Waals surface area contributed by atoms with Gasteiger partial charge in [0.05, 0.1) is 12.2 Å². The molecule has 0 aliphatic carbocycles. The lowest BCUT2D eigenvalue weighted by Crippen LogP contribution is -2.25. The number of halogens is 1. The van der Waals surface area contributed by atoms with Crippen molar-refractivity contribution >= 4 is 21.6 Å². The van der Waals surface area contributed by atoms with Gasteiger partial charge in [-0.25, -0.2) is 0 Å². The molecule has 0 bridgehead atoms. The van der Waals surface area contributed by atoms with Crippen LogP contribution in [0.5, 0.6) is 0 Å². The number of aryl methyl sites for hydroxylation is 1. The van der Waals surface area contributed by atoms with Crippen molar-refractivity contribution in [3.63, 3.8) is 0 Å². The molecule has 1 heterocycles. The molecule has 0 saturated heterocycles. The highest BCUT2D eigenvalue weighted by Gasteiger charge is 2.11. The van der Waals surface area contributed by atoms with Gasteiger partial charge in [-0.15, -0.1) is 0 Å². The zero-order chi connectivity index (χ0) is 15.2. The van der Waals surface area contributed by atoms with Crippen LogP contribution in [0.4, 0.5) is 5.69 Å². The number of hydrogen-bond acceptors (Lipinski definition) is 3. The van der Waals surface area contributed by atoms with Gasteiger partial charge in [0.1, 0.15) is 0 Å². The molecule has 112 valence electrons. The first kappa shape index (κ1) is 16.0. The summed E-state index contributed by atoms with van der Waals surface area (Å²) in [5, 5.41) is 3.24. The quantitative estimate of drug-likeness (QED) is 0.858. The van der Waals surface area contributed by atoms with Crippen molar-refractivity contribution in [1.82, 2.24) is 10.3 Å². The smallest absolute Gasteiger partial charge is 0.0602 e. The average Bonchev–Trinajstić information content (AvgIpc) is 2.47. The van der Waals surface area contributed by atoms with Gasteiger partial charge in [-0.05, 0) is 50.7 Å². The molecule has 0 unspecified atom stereocenters. The Kier molecular flexibility index (Phi) is 5.76. The second-order valence-electron chi connectivity index (χ2n) is 5.09. The van der Waals surface area contributed by atoms with Crippen LogP contribution in [0, 0.1) is 6.92 Å². The lowest BCUT2D eigenvalue weighted by molar-refractivity contribution is 0.773. The minimum Gasteiger partial charge on any atom is -0.366 e. The van der Waals surface area contributed by atoms with Crippen LogP contribution in [0.2, 0.25) is 0 Å². The number of benzene rings is 1. The van der Waals surface area contributed by atoms with Crippen LogP contribution >= 0.6 is 15.9 Å². The van der Waals surface area contributed by atoms with Crippen molar-refractivity contribution in [3.8, 4) is 0 Å². The number of rotatable bonds is 6. The molecule has 2 aromatic rings. The zero-order valence-electron chi connectivity index (χ0n) is 12.9. The topological polar surface area (TPSA) is 28.2 Å². The Morgan fingerprint density at radius 1 is 1.24 bits per heavy atom. The van der Waals surface area contributed by atoms with E-state index >= 15 is 0 Å². The third kappa shape index (κ3) is 4.29. The number of pyridine rings is 1. The minimum atomic E-state index is 0.825. The molecule has 0 aliphatic rings. The first-order valence-corrected chi connectivity index (χ1v) is 8.04. The molecule has 0 amide bonds. The highest BCUT2D eigenvalue weighted by Crippen LogP contribution is 2.26. The molecule has 21 heavy (non-hydrogen) atoms. The Morgan fingerprint density at radius 3 is 2.71 bits per heavy atom. The fraction of sp³-hybridized carbons (Fsp3) is 0.353. The molecular weight excluding hydrogens is 326 g/mol. The fourth-order valence-electron chi connectivity index (χ4n) is 2.42. The monoisotopic (exact) mass is 347 g/mol. The maximum Gasteiger partial charge on any atom is 0.0602 e. The van der Waals surface area contributed by atoms with Crippen molar-refractivity contribution < 1.29 is 0 Å². The van der Waals surface area contributed by atoms with Gasteiger partial charge in [0, 0.05) is 28.9 Å². The summed E-state index contributed by atoms with van der Waals surface area (Å²) in [6.45, 7) is 6.85. The van der Waals surface area contributed by atoms with Crippen LogP contribution in [0.15, 0.2) is 40.9 Å². The van der Waals surface area contributed by atoms with Crippen molar-refractivity contribution in [1.29, 1.82) is 0 Å². The predicted octanol–water partition coefficient (Wildman–Crippen LogP) is 3.90. The summed E-state index contributed by atoms with van der Waals surface area (Å²) in [5.41, 5.74) is 4.72. The molecule has 2 rings (SSSR count). The predicted molar refractivity (Wildman–Crippen MR) is 92.6 cm³/mol. The third-order valence-corrected chi connectivity index (χ3v) is 3.93. The molecule has 0 spiro atoms. The molecule has 0 aliphatic heterocycles. The molecule has 0 atom stereocenters. The Balaban J connectivity index is 2.30. The second kappa shape index (κ2) is 7.57. The van der Waals surface area contributed by atoms with Crippen LogP contribution in [0.1, 0.15) is 23.9 Å². The summed E-state index contributed by atoms with van der Waals surface area (Å²) >= 11 is 3.58. The van der Waals surface area contributed by atoms with Gasteiger partial charge < -0.3 is 10.2 Å². The van der Waals surface area contributed by atoms with E-state index in [1.165, 1.54) is 11.3 Å². The largest absolute Gasteiger partial charge is 0.366 e. The van der Waals surface area contributed by atoms with Crippen LogP contribution < -0.4 is 10.2 Å². The zero-order valence-corrected chi connectivity index (χ0v) is 14.4. The molecule has 4 heteroatoms. The number of hydrogen-bond donors (Lipinski definition) is 1. The maximum absolute atomic E-state index is 4.62. The maximum atomic E-state index is 4.62. The van der Waals surface area contributed by atoms with Crippen LogP contribution in [0.3, 0.4) is 0 Å². The van der Waals surface area contributed by atoms with Crippen molar-refractivity contribution in [2.45, 2.75) is 26.9 Å². The molecule has 0 fully saturated rings. The van der Waals surface area contributed by atoms with E-state index in [9.17, 15) is 0 Å². The van der Waals surface area contributed by atoms with E-state index in [2.05, 4.69) is 68.4 Å². The SMILES string of the molecule is CCN(Cc1cccc(C)n1)c1cc(Br)ccc1CNC. The van der Waals surface area contributed by atoms with Crippen LogP contribution in [0.25, 0.3) is 0 Å². The number of nitrogens with zero attached hydrogens (tertiary/aromatic N) is 2. The standard InChI is InChI=1S/C17H22BrN3/c1-4-21(12-16-7-5-6-13(2)20-16)17-10-15(18)9-8-14(17)11-19-3/h5-10,19H,4,11-12H2,1-3H3. The Hall–Kier alpha value is -1.39. The van der Waals surface area contributed by atoms with Crippen LogP contribution in [-0.4, -0.2) is 18.6 Å². The lowest BCUT2D eigenvalue weighted by atomic mass is 10.1. The molecule has 0 saturated carbocycles. The van der Waals surface area contributed by atoms with Crippen molar-refractivity contribution in [2.75, 3.05) is 18.5 Å². The van der Waals surface area contributed by atoms with Gasteiger partial charge >= 0.3 is 0 Å². The molecular formula is C17H22BrN3. The summed E-state index contributed by atoms with van der Waals surface area (Å²) < 4.78 is 1.10. The highest BCUT2D eigenvalue weighted by molar-refractivity contribution is 9.10. The summed E-state index contributed by atoms with van der Waals surface area (Å²) in [5.74, 6) is 0. The number of aromatic nitrogens is 1. The number of nitrogens with one attached hydrogen (secondary N) is 1. The van der Waals surface area contributed by atoms with E-state index in [-0.39, 0.29) is 0 Å². The number of anilines is 1. The normalized spacial score (nSPS) is 10.7. The second-order valence-corrected chi connectivity index (χ2v) is 6.00. The van der Waals surface area contributed by atoms with Crippen LogP contribution in [-0.2, 0) is 13.1 Å². The summed E-state index contributed by atoms with van der Waals surface area (Å²) in [7, 11) is 1.98. The first-order chi connectivity index (χ1) is 10.1. The van der Waals surface area contributed by atoms with E-state index in [0.29, 0.717) is 0 Å². The molecule has 1 aromatic carbocycles. The van der Waals surface area contributed by atoms with Gasteiger partial charge in [-0.2, -0.15) is 0 Å².